The predicted molar refractivity (Wildman–Crippen MR) is 147 cm³/mol. The van der Waals surface area contributed by atoms with Crippen molar-refractivity contribution in [2.75, 3.05) is 35.7 Å². The number of carbonyl (C=O) groups excluding carboxylic acids is 1. The van der Waals surface area contributed by atoms with E-state index in [-0.39, 0.29) is 18.0 Å². The number of aromatic nitrogens is 2. The SMILES string of the molecule is Cc1ccc2c(N)c(N[C@H]3CCc4nc(N5C[C@H](CF)[C@H](NC(=O)OC(C)(C)C)C5)ccc4C3)sc2n1. The topological polar surface area (TPSA) is 105 Å². The number of hydrogen-bond acceptors (Lipinski definition) is 8. The molecule has 0 spiro atoms. The summed E-state index contributed by atoms with van der Waals surface area (Å²) >= 11 is 1.60. The molecule has 0 bridgehead atoms. The number of nitrogens with zero attached hydrogens (tertiary/aromatic N) is 3. The molecule has 1 aliphatic heterocycles. The van der Waals surface area contributed by atoms with Crippen molar-refractivity contribution in [1.82, 2.24) is 15.3 Å². The first-order valence-electron chi connectivity index (χ1n) is 12.8. The number of carbonyl (C=O) groups is 1. The van der Waals surface area contributed by atoms with E-state index in [9.17, 15) is 9.18 Å². The smallest absolute Gasteiger partial charge is 0.407 e. The Morgan fingerprint density at radius 3 is 2.81 bits per heavy atom. The Morgan fingerprint density at radius 1 is 1.24 bits per heavy atom. The molecule has 1 fully saturated rings. The molecule has 4 N–H and O–H groups in total. The van der Waals surface area contributed by atoms with E-state index in [1.54, 1.807) is 11.3 Å². The molecule has 1 aliphatic carbocycles. The van der Waals surface area contributed by atoms with Crippen molar-refractivity contribution in [2.45, 2.75) is 64.6 Å². The molecule has 1 saturated heterocycles. The average molecular weight is 527 g/mol. The van der Waals surface area contributed by atoms with Crippen molar-refractivity contribution in [3.8, 4) is 0 Å². The maximum atomic E-state index is 13.8. The fraction of sp³-hybridized carbons (Fsp3) is 0.519. The summed E-state index contributed by atoms with van der Waals surface area (Å²) in [5.41, 5.74) is 9.86. The van der Waals surface area contributed by atoms with Gasteiger partial charge in [-0.15, -0.1) is 0 Å². The molecule has 5 rings (SSSR count). The summed E-state index contributed by atoms with van der Waals surface area (Å²) in [7, 11) is 0. The van der Waals surface area contributed by atoms with Crippen molar-refractivity contribution in [2.24, 2.45) is 5.92 Å². The van der Waals surface area contributed by atoms with Crippen LogP contribution < -0.4 is 21.3 Å². The number of anilines is 3. The van der Waals surface area contributed by atoms with Crippen LogP contribution in [-0.2, 0) is 17.6 Å². The normalized spacial score (nSPS) is 21.6. The number of alkyl carbamates (subject to hydrolysis) is 1. The van der Waals surface area contributed by atoms with Gasteiger partial charge in [-0.1, -0.05) is 17.4 Å². The van der Waals surface area contributed by atoms with Crippen LogP contribution in [0.1, 0.15) is 44.1 Å². The third-order valence-electron chi connectivity index (χ3n) is 6.98. The van der Waals surface area contributed by atoms with Gasteiger partial charge in [-0.3, -0.25) is 4.39 Å². The van der Waals surface area contributed by atoms with E-state index in [1.165, 1.54) is 5.56 Å². The highest BCUT2D eigenvalue weighted by molar-refractivity contribution is 7.23. The highest BCUT2D eigenvalue weighted by Gasteiger charge is 2.36. The molecular weight excluding hydrogens is 491 g/mol. The molecule has 37 heavy (non-hydrogen) atoms. The standard InChI is InChI=1S/C27H35FN6O2S/c1-15-5-8-19-23(29)25(37-24(19)30-15)31-18-7-9-20-16(11-18)6-10-22(32-20)34-13-17(12-28)21(14-34)33-26(35)36-27(2,3)4/h5-6,8,10,17-18,21,31H,7,9,11-14,29H2,1-4H3,(H,33,35)/t17-,18-,21+/m0/s1. The number of aryl methyl sites for hydroxylation is 2. The number of halogens is 1. The third kappa shape index (κ3) is 5.58. The van der Waals surface area contributed by atoms with Crippen LogP contribution in [0.3, 0.4) is 0 Å². The van der Waals surface area contributed by atoms with E-state index in [0.717, 1.165) is 57.4 Å². The molecular formula is C27H35FN6O2S. The second-order valence-electron chi connectivity index (χ2n) is 11.1. The van der Waals surface area contributed by atoms with Gasteiger partial charge in [-0.25, -0.2) is 14.8 Å². The van der Waals surface area contributed by atoms with Gasteiger partial charge >= 0.3 is 6.09 Å². The van der Waals surface area contributed by atoms with Gasteiger partial charge < -0.3 is 26.0 Å². The van der Waals surface area contributed by atoms with Gasteiger partial charge in [-0.2, -0.15) is 0 Å². The first-order chi connectivity index (χ1) is 17.6. The van der Waals surface area contributed by atoms with Gasteiger partial charge in [0.1, 0.15) is 21.3 Å². The number of nitrogens with two attached hydrogens (primary N) is 1. The minimum atomic E-state index is -0.598. The summed E-state index contributed by atoms with van der Waals surface area (Å²) in [4.78, 5) is 24.8. The monoisotopic (exact) mass is 526 g/mol. The number of nitrogens with one attached hydrogen (secondary N) is 2. The number of thiophene rings is 1. The lowest BCUT2D eigenvalue weighted by molar-refractivity contribution is 0.0494. The maximum absolute atomic E-state index is 13.8. The zero-order valence-electron chi connectivity index (χ0n) is 21.8. The van der Waals surface area contributed by atoms with Gasteiger partial charge in [0.25, 0.3) is 0 Å². The number of nitrogen functional groups attached to an aromatic ring is 1. The summed E-state index contributed by atoms with van der Waals surface area (Å²) in [6.07, 6.45) is 2.14. The second kappa shape index (κ2) is 9.96. The van der Waals surface area contributed by atoms with Crippen LogP contribution in [0.15, 0.2) is 24.3 Å². The lowest BCUT2D eigenvalue weighted by atomic mass is 9.92. The zero-order chi connectivity index (χ0) is 26.3. The Morgan fingerprint density at radius 2 is 2.05 bits per heavy atom. The Hall–Kier alpha value is -3.14. The summed E-state index contributed by atoms with van der Waals surface area (Å²) in [5.74, 6) is 0.524. The minimum Gasteiger partial charge on any atom is -0.444 e. The maximum Gasteiger partial charge on any atom is 0.407 e. The Labute approximate surface area is 220 Å². The molecule has 0 unspecified atom stereocenters. The Bertz CT molecular complexity index is 1310. The lowest BCUT2D eigenvalue weighted by Gasteiger charge is -2.27. The minimum absolute atomic E-state index is 0.265. The Kier molecular flexibility index (Phi) is 6.87. The molecule has 1 amide bonds. The number of amides is 1. The first-order valence-corrected chi connectivity index (χ1v) is 13.6. The molecule has 2 aliphatic rings. The van der Waals surface area contributed by atoms with Crippen LogP contribution in [0, 0.1) is 12.8 Å². The summed E-state index contributed by atoms with van der Waals surface area (Å²) < 4.78 is 19.1. The highest BCUT2D eigenvalue weighted by Crippen LogP contribution is 2.38. The van der Waals surface area contributed by atoms with E-state index < -0.39 is 18.4 Å². The quantitative estimate of drug-likeness (QED) is 0.436. The average Bonchev–Trinajstić information content (AvgIpc) is 3.37. The first kappa shape index (κ1) is 25.5. The molecule has 0 aromatic carbocycles. The fourth-order valence-corrected chi connectivity index (χ4v) is 6.23. The summed E-state index contributed by atoms with van der Waals surface area (Å²) in [5, 5.41) is 8.47. The number of fused-ring (bicyclic) bond motifs is 2. The van der Waals surface area contributed by atoms with Gasteiger partial charge in [0, 0.05) is 41.8 Å². The van der Waals surface area contributed by atoms with Crippen molar-refractivity contribution in [3.63, 3.8) is 0 Å². The second-order valence-corrected chi connectivity index (χ2v) is 12.1. The van der Waals surface area contributed by atoms with Gasteiger partial charge in [0.2, 0.25) is 0 Å². The van der Waals surface area contributed by atoms with Crippen LogP contribution in [0.2, 0.25) is 0 Å². The van der Waals surface area contributed by atoms with E-state index in [4.69, 9.17) is 15.5 Å². The van der Waals surface area contributed by atoms with Gasteiger partial charge in [-0.05, 0) is 70.7 Å². The fourth-order valence-electron chi connectivity index (χ4n) is 5.12. The highest BCUT2D eigenvalue weighted by atomic mass is 32.1. The van der Waals surface area contributed by atoms with E-state index in [0.29, 0.717) is 13.1 Å². The lowest BCUT2D eigenvalue weighted by Crippen LogP contribution is -2.43. The summed E-state index contributed by atoms with van der Waals surface area (Å²) in [6.45, 7) is 7.92. The van der Waals surface area contributed by atoms with Gasteiger partial charge in [0.05, 0.1) is 18.4 Å². The van der Waals surface area contributed by atoms with Crippen LogP contribution in [-0.4, -0.2) is 53.5 Å². The van der Waals surface area contributed by atoms with Crippen LogP contribution in [0.25, 0.3) is 10.2 Å². The molecule has 8 nitrogen and oxygen atoms in total. The number of rotatable bonds is 5. The van der Waals surface area contributed by atoms with Crippen LogP contribution in [0.4, 0.5) is 25.7 Å². The number of hydrogen-bond donors (Lipinski definition) is 3. The predicted octanol–water partition coefficient (Wildman–Crippen LogP) is 4.85. The van der Waals surface area contributed by atoms with Crippen molar-refractivity contribution < 1.29 is 13.9 Å². The Balaban J connectivity index is 1.24. The van der Waals surface area contributed by atoms with Crippen molar-refractivity contribution in [3.05, 3.63) is 41.2 Å². The van der Waals surface area contributed by atoms with Crippen LogP contribution >= 0.6 is 11.3 Å². The molecule has 3 aromatic rings. The molecule has 198 valence electrons. The number of ether oxygens (including phenoxy) is 1. The van der Waals surface area contributed by atoms with Crippen molar-refractivity contribution >= 4 is 44.2 Å². The van der Waals surface area contributed by atoms with Gasteiger partial charge in [0.15, 0.2) is 0 Å². The number of alkyl halides is 1. The van der Waals surface area contributed by atoms with E-state index in [1.807, 2.05) is 45.9 Å². The molecule has 0 radical (unpaired) electrons. The van der Waals surface area contributed by atoms with Crippen molar-refractivity contribution in [1.29, 1.82) is 0 Å². The molecule has 3 aromatic heterocycles. The molecule has 0 saturated carbocycles. The molecule has 3 atom stereocenters. The van der Waals surface area contributed by atoms with E-state index in [2.05, 4.69) is 26.6 Å². The molecule has 4 heterocycles. The number of pyridine rings is 2. The van der Waals surface area contributed by atoms with Crippen LogP contribution in [0.5, 0.6) is 0 Å². The third-order valence-corrected chi connectivity index (χ3v) is 8.03. The summed E-state index contributed by atoms with van der Waals surface area (Å²) in [6, 6.07) is 8.10. The zero-order valence-corrected chi connectivity index (χ0v) is 22.6. The molecule has 10 heteroatoms. The largest absolute Gasteiger partial charge is 0.444 e. The van der Waals surface area contributed by atoms with E-state index >= 15 is 0 Å².